The van der Waals surface area contributed by atoms with Gasteiger partial charge in [0.1, 0.15) is 10.8 Å². The number of carbonyl (C=O) groups is 2. The fraction of sp³-hybridized carbons (Fsp3) is 0.250. The van der Waals surface area contributed by atoms with Gasteiger partial charge < -0.3 is 9.47 Å². The number of carbonyl (C=O) groups excluding carboxylic acids is 2. The van der Waals surface area contributed by atoms with Crippen LogP contribution in [-0.4, -0.2) is 26.2 Å². The van der Waals surface area contributed by atoms with Crippen LogP contribution in [0.1, 0.15) is 34.1 Å². The molecule has 4 nitrogen and oxygen atoms in total. The van der Waals surface area contributed by atoms with Gasteiger partial charge in [-0.1, -0.05) is 72.8 Å². The van der Waals surface area contributed by atoms with E-state index in [1.54, 1.807) is 0 Å². The van der Waals surface area contributed by atoms with Crippen LogP contribution in [0, 0.1) is 0 Å². The Labute approximate surface area is 163 Å². The highest BCUT2D eigenvalue weighted by atomic mass is 16.5. The first kappa shape index (κ1) is 17.0. The highest BCUT2D eigenvalue weighted by Crippen LogP contribution is 2.60. The SMILES string of the molecule is COC(=O)[C@@]12C=C[C@@H](c3ccccc31)[C@]1(C(=O)OC)C=C[C@H]2c2ccccc21. The largest absolute Gasteiger partial charge is 0.468 e. The highest BCUT2D eigenvalue weighted by molar-refractivity contribution is 5.95. The van der Waals surface area contributed by atoms with Crippen LogP contribution in [0.3, 0.4) is 0 Å². The number of benzene rings is 2. The molecular weight excluding hydrogens is 352 g/mol. The van der Waals surface area contributed by atoms with Gasteiger partial charge in [0.15, 0.2) is 0 Å². The maximum absolute atomic E-state index is 13.2. The van der Waals surface area contributed by atoms with E-state index in [0.29, 0.717) is 0 Å². The molecule has 0 aromatic heterocycles. The Kier molecular flexibility index (Phi) is 3.45. The Balaban J connectivity index is 1.95. The zero-order valence-corrected chi connectivity index (χ0v) is 15.7. The minimum atomic E-state index is -0.961. The number of hydrogen-bond donors (Lipinski definition) is 0. The van der Waals surface area contributed by atoms with Crippen molar-refractivity contribution in [3.8, 4) is 0 Å². The van der Waals surface area contributed by atoms with Crippen molar-refractivity contribution in [2.75, 3.05) is 14.2 Å². The molecule has 2 aromatic rings. The molecule has 0 aliphatic heterocycles. The van der Waals surface area contributed by atoms with Crippen LogP contribution < -0.4 is 0 Å². The number of esters is 2. The maximum atomic E-state index is 13.2. The predicted molar refractivity (Wildman–Crippen MR) is 104 cm³/mol. The third kappa shape index (κ3) is 1.76. The molecule has 0 spiro atoms. The van der Waals surface area contributed by atoms with Crippen LogP contribution in [-0.2, 0) is 29.9 Å². The molecule has 0 unspecified atom stereocenters. The van der Waals surface area contributed by atoms with Crippen molar-refractivity contribution in [1.29, 1.82) is 0 Å². The molecular formula is C24H20O4. The summed E-state index contributed by atoms with van der Waals surface area (Å²) in [5.74, 6) is -1.14. The summed E-state index contributed by atoms with van der Waals surface area (Å²) < 4.78 is 10.6. The van der Waals surface area contributed by atoms with Crippen molar-refractivity contribution in [1.82, 2.24) is 0 Å². The minimum absolute atomic E-state index is 0.271. The summed E-state index contributed by atoms with van der Waals surface area (Å²) >= 11 is 0. The van der Waals surface area contributed by atoms with E-state index in [-0.39, 0.29) is 23.8 Å². The Bertz CT molecular complexity index is 980. The molecule has 0 saturated heterocycles. The standard InChI is InChI=1S/C24H20O4/c1-27-21(25)23-13-11-20(15-7-3-5-9-17(15)23)24(22(26)28-2)14-12-19(23)16-8-4-6-10-18(16)24/h3-14,19-20H,1-2H3/t19-,20-,23-,24-/m0/s1. The minimum Gasteiger partial charge on any atom is -0.468 e. The zero-order valence-electron chi connectivity index (χ0n) is 15.7. The van der Waals surface area contributed by atoms with Crippen molar-refractivity contribution in [3.63, 3.8) is 0 Å². The first-order valence-corrected chi connectivity index (χ1v) is 9.35. The molecule has 0 heterocycles. The van der Waals surface area contributed by atoms with Crippen LogP contribution in [0.4, 0.5) is 0 Å². The highest BCUT2D eigenvalue weighted by Gasteiger charge is 2.60. The molecule has 0 fully saturated rings. The van der Waals surface area contributed by atoms with E-state index in [0.717, 1.165) is 22.3 Å². The first-order valence-electron chi connectivity index (χ1n) is 9.35. The van der Waals surface area contributed by atoms with Crippen LogP contribution in [0.2, 0.25) is 0 Å². The Morgan fingerprint density at radius 1 is 0.714 bits per heavy atom. The van der Waals surface area contributed by atoms with Gasteiger partial charge in [-0.2, -0.15) is 0 Å². The number of methoxy groups -OCH3 is 2. The van der Waals surface area contributed by atoms with E-state index in [2.05, 4.69) is 0 Å². The molecule has 4 bridgehead atoms. The van der Waals surface area contributed by atoms with Crippen molar-refractivity contribution in [2.24, 2.45) is 0 Å². The predicted octanol–water partition coefficient (Wildman–Crippen LogP) is 3.53. The van der Waals surface area contributed by atoms with E-state index < -0.39 is 10.8 Å². The van der Waals surface area contributed by atoms with Gasteiger partial charge in [-0.05, 0) is 22.3 Å². The summed E-state index contributed by atoms with van der Waals surface area (Å²) in [5.41, 5.74) is 1.79. The molecule has 0 saturated carbocycles. The van der Waals surface area contributed by atoms with E-state index in [1.165, 1.54) is 14.2 Å². The molecule has 2 aromatic carbocycles. The lowest BCUT2D eigenvalue weighted by Crippen LogP contribution is -2.53. The molecule has 5 rings (SSSR count). The van der Waals surface area contributed by atoms with Gasteiger partial charge in [0.2, 0.25) is 0 Å². The van der Waals surface area contributed by atoms with Gasteiger partial charge >= 0.3 is 11.9 Å². The van der Waals surface area contributed by atoms with E-state index in [1.807, 2.05) is 72.8 Å². The fourth-order valence-corrected chi connectivity index (χ4v) is 5.46. The molecule has 28 heavy (non-hydrogen) atoms. The first-order chi connectivity index (χ1) is 13.6. The lowest BCUT2D eigenvalue weighted by Gasteiger charge is -2.51. The summed E-state index contributed by atoms with van der Waals surface area (Å²) in [6.45, 7) is 0. The average Bonchev–Trinajstić information content (AvgIpc) is 2.74. The van der Waals surface area contributed by atoms with Crippen LogP contribution in [0.15, 0.2) is 72.8 Å². The summed E-state index contributed by atoms with van der Waals surface area (Å²) in [4.78, 5) is 26.5. The lowest BCUT2D eigenvalue weighted by atomic mass is 9.50. The quantitative estimate of drug-likeness (QED) is 0.598. The maximum Gasteiger partial charge on any atom is 0.321 e. The normalized spacial score (nSPS) is 30.8. The molecule has 0 amide bonds. The van der Waals surface area contributed by atoms with E-state index in [4.69, 9.17) is 9.47 Å². The van der Waals surface area contributed by atoms with Crippen LogP contribution in [0.5, 0.6) is 0 Å². The number of rotatable bonds is 2. The Morgan fingerprint density at radius 2 is 1.11 bits per heavy atom. The molecule has 140 valence electrons. The van der Waals surface area contributed by atoms with Gasteiger partial charge in [0.05, 0.1) is 14.2 Å². The second-order valence-corrected chi connectivity index (χ2v) is 7.57. The monoisotopic (exact) mass is 372 g/mol. The molecule has 3 aliphatic rings. The molecule has 3 aliphatic carbocycles. The summed E-state index contributed by atoms with van der Waals surface area (Å²) in [7, 11) is 2.85. The van der Waals surface area contributed by atoms with Crippen LogP contribution in [0.25, 0.3) is 0 Å². The topological polar surface area (TPSA) is 52.6 Å². The number of allylic oxidation sites excluding steroid dienone is 2. The van der Waals surface area contributed by atoms with E-state index >= 15 is 0 Å². The van der Waals surface area contributed by atoms with Crippen LogP contribution >= 0.6 is 0 Å². The van der Waals surface area contributed by atoms with Crippen molar-refractivity contribution < 1.29 is 19.1 Å². The third-order valence-electron chi connectivity index (χ3n) is 6.61. The summed E-state index contributed by atoms with van der Waals surface area (Å²) in [6, 6.07) is 15.7. The van der Waals surface area contributed by atoms with Gasteiger partial charge in [-0.15, -0.1) is 0 Å². The van der Waals surface area contributed by atoms with Gasteiger partial charge in [-0.25, -0.2) is 0 Å². The second kappa shape index (κ2) is 5.68. The summed E-state index contributed by atoms with van der Waals surface area (Å²) in [5, 5.41) is 0. The Hall–Kier alpha value is -3.14. The number of hydrogen-bond acceptors (Lipinski definition) is 4. The van der Waals surface area contributed by atoms with Gasteiger partial charge in [0, 0.05) is 11.8 Å². The lowest BCUT2D eigenvalue weighted by molar-refractivity contribution is -0.147. The third-order valence-corrected chi connectivity index (χ3v) is 6.61. The smallest absolute Gasteiger partial charge is 0.321 e. The second-order valence-electron chi connectivity index (χ2n) is 7.57. The molecule has 4 heteroatoms. The summed E-state index contributed by atoms with van der Waals surface area (Å²) in [6.07, 6.45) is 7.85. The molecule has 0 radical (unpaired) electrons. The number of ether oxygens (including phenoxy) is 2. The van der Waals surface area contributed by atoms with Crippen molar-refractivity contribution in [3.05, 3.63) is 95.1 Å². The molecule has 4 atom stereocenters. The van der Waals surface area contributed by atoms with Crippen molar-refractivity contribution >= 4 is 11.9 Å². The Morgan fingerprint density at radius 3 is 1.50 bits per heavy atom. The molecule has 0 N–H and O–H groups in total. The zero-order chi connectivity index (χ0) is 19.5. The number of fused-ring (bicyclic) bond motifs is 2. The van der Waals surface area contributed by atoms with Gasteiger partial charge in [0.25, 0.3) is 0 Å². The van der Waals surface area contributed by atoms with Gasteiger partial charge in [-0.3, -0.25) is 9.59 Å². The van der Waals surface area contributed by atoms with Crippen molar-refractivity contribution in [2.45, 2.75) is 22.7 Å². The average molecular weight is 372 g/mol. The fourth-order valence-electron chi connectivity index (χ4n) is 5.46. The van der Waals surface area contributed by atoms with E-state index in [9.17, 15) is 9.59 Å².